The topological polar surface area (TPSA) is 84.0 Å². The Hall–Kier alpha value is -3.22. The summed E-state index contributed by atoms with van der Waals surface area (Å²) in [6, 6.07) is 9.53. The minimum atomic E-state index is -0.0206. The second-order valence-electron chi connectivity index (χ2n) is 7.32. The van der Waals surface area contributed by atoms with Gasteiger partial charge < -0.3 is 9.64 Å². The standard InChI is InChI=1S/C22H25N5O2/c1-3-18-15(2)21(26-25-18)22(28)27-11-7-8-16(14-27)19-12-23-13-20(24-19)29-17-9-5-4-6-10-17/h4-6,9-10,12-13,16H,3,7-8,11,14H2,1-2H3,(H,25,26)/t16-/m1/s1. The molecule has 0 saturated carbocycles. The molecule has 1 atom stereocenters. The maximum absolute atomic E-state index is 13.0. The Labute approximate surface area is 170 Å². The molecule has 0 spiro atoms. The van der Waals surface area contributed by atoms with Crippen molar-refractivity contribution in [3.8, 4) is 11.6 Å². The molecule has 1 N–H and O–H groups in total. The molecular weight excluding hydrogens is 366 g/mol. The second kappa shape index (κ2) is 8.43. The number of H-pyrrole nitrogens is 1. The molecule has 1 fully saturated rings. The highest BCUT2D eigenvalue weighted by molar-refractivity contribution is 5.94. The Kier molecular flexibility index (Phi) is 5.55. The number of nitrogens with one attached hydrogen (secondary N) is 1. The third kappa shape index (κ3) is 4.13. The van der Waals surface area contributed by atoms with Gasteiger partial charge in [0.2, 0.25) is 5.88 Å². The molecule has 1 amide bonds. The molecule has 3 aromatic rings. The molecule has 0 unspecified atom stereocenters. The fraction of sp³-hybridized carbons (Fsp3) is 0.364. The number of aromatic nitrogens is 4. The van der Waals surface area contributed by atoms with Gasteiger partial charge in [-0.3, -0.25) is 14.9 Å². The first-order chi connectivity index (χ1) is 14.2. The lowest BCUT2D eigenvalue weighted by atomic mass is 9.94. The van der Waals surface area contributed by atoms with E-state index in [9.17, 15) is 4.79 Å². The summed E-state index contributed by atoms with van der Waals surface area (Å²) in [6.45, 7) is 5.34. The van der Waals surface area contributed by atoms with Crippen LogP contribution in [0.2, 0.25) is 0 Å². The fourth-order valence-electron chi connectivity index (χ4n) is 3.76. The fourth-order valence-corrected chi connectivity index (χ4v) is 3.76. The van der Waals surface area contributed by atoms with Crippen LogP contribution in [-0.4, -0.2) is 44.1 Å². The Balaban J connectivity index is 1.49. The molecule has 7 nitrogen and oxygen atoms in total. The van der Waals surface area contributed by atoms with E-state index in [2.05, 4.69) is 27.1 Å². The first kappa shape index (κ1) is 19.1. The molecule has 1 saturated heterocycles. The lowest BCUT2D eigenvalue weighted by Crippen LogP contribution is -2.39. The van der Waals surface area contributed by atoms with E-state index in [0.717, 1.165) is 48.5 Å². The quantitative estimate of drug-likeness (QED) is 0.713. The normalized spacial score (nSPS) is 16.6. The van der Waals surface area contributed by atoms with Crippen molar-refractivity contribution in [1.82, 2.24) is 25.1 Å². The summed E-state index contributed by atoms with van der Waals surface area (Å²) in [7, 11) is 0. The van der Waals surface area contributed by atoms with Gasteiger partial charge in [-0.05, 0) is 38.3 Å². The molecule has 1 aliphatic heterocycles. The minimum absolute atomic E-state index is 0.0206. The van der Waals surface area contributed by atoms with Gasteiger partial charge in [0.15, 0.2) is 5.69 Å². The van der Waals surface area contributed by atoms with Crippen LogP contribution in [0, 0.1) is 6.92 Å². The number of ether oxygens (including phenoxy) is 1. The number of carbonyl (C=O) groups is 1. The molecule has 2 aromatic heterocycles. The third-order valence-corrected chi connectivity index (χ3v) is 5.39. The first-order valence-corrected chi connectivity index (χ1v) is 10.0. The van der Waals surface area contributed by atoms with Crippen LogP contribution in [0.1, 0.15) is 53.1 Å². The highest BCUT2D eigenvalue weighted by atomic mass is 16.5. The molecule has 0 aliphatic carbocycles. The summed E-state index contributed by atoms with van der Waals surface area (Å²) in [6.07, 6.45) is 6.10. The van der Waals surface area contributed by atoms with E-state index < -0.39 is 0 Å². The number of nitrogens with zero attached hydrogens (tertiary/aromatic N) is 4. The Morgan fingerprint density at radius 1 is 1.28 bits per heavy atom. The molecule has 3 heterocycles. The van der Waals surface area contributed by atoms with E-state index >= 15 is 0 Å². The van der Waals surface area contributed by atoms with Crippen molar-refractivity contribution in [3.63, 3.8) is 0 Å². The summed E-state index contributed by atoms with van der Waals surface area (Å²) >= 11 is 0. The first-order valence-electron chi connectivity index (χ1n) is 10.0. The van der Waals surface area contributed by atoms with Gasteiger partial charge in [-0.1, -0.05) is 25.1 Å². The predicted molar refractivity (Wildman–Crippen MR) is 109 cm³/mol. The number of amides is 1. The predicted octanol–water partition coefficient (Wildman–Crippen LogP) is 3.88. The second-order valence-corrected chi connectivity index (χ2v) is 7.32. The van der Waals surface area contributed by atoms with Gasteiger partial charge >= 0.3 is 0 Å². The molecule has 1 aliphatic rings. The van der Waals surface area contributed by atoms with Crippen LogP contribution in [0.5, 0.6) is 11.6 Å². The van der Waals surface area contributed by atoms with Crippen LogP contribution in [0.4, 0.5) is 0 Å². The van der Waals surface area contributed by atoms with Gasteiger partial charge in [-0.25, -0.2) is 4.98 Å². The van der Waals surface area contributed by atoms with Crippen molar-refractivity contribution in [2.45, 2.75) is 39.0 Å². The molecule has 4 rings (SSSR count). The summed E-state index contributed by atoms with van der Waals surface area (Å²) in [5.41, 5.74) is 3.33. The number of hydrogen-bond acceptors (Lipinski definition) is 5. The molecule has 0 bridgehead atoms. The monoisotopic (exact) mass is 391 g/mol. The van der Waals surface area contributed by atoms with Gasteiger partial charge in [0.25, 0.3) is 5.91 Å². The van der Waals surface area contributed by atoms with Crippen LogP contribution in [0.3, 0.4) is 0 Å². The van der Waals surface area contributed by atoms with E-state index in [4.69, 9.17) is 4.74 Å². The van der Waals surface area contributed by atoms with Gasteiger partial charge in [0, 0.05) is 36.5 Å². The zero-order valence-corrected chi connectivity index (χ0v) is 16.8. The highest BCUT2D eigenvalue weighted by Gasteiger charge is 2.29. The Bertz CT molecular complexity index is 986. The van der Waals surface area contributed by atoms with Crippen molar-refractivity contribution in [1.29, 1.82) is 0 Å². The number of hydrogen-bond donors (Lipinski definition) is 1. The number of rotatable bonds is 5. The smallest absolute Gasteiger partial charge is 0.274 e. The van der Waals surface area contributed by atoms with Crippen LogP contribution in [0.15, 0.2) is 42.7 Å². The summed E-state index contributed by atoms with van der Waals surface area (Å²) in [4.78, 5) is 23.8. The largest absolute Gasteiger partial charge is 0.437 e. The maximum Gasteiger partial charge on any atom is 0.274 e. The minimum Gasteiger partial charge on any atom is -0.437 e. The Morgan fingerprint density at radius 2 is 2.10 bits per heavy atom. The number of aryl methyl sites for hydroxylation is 1. The van der Waals surface area contributed by atoms with E-state index in [1.807, 2.05) is 42.2 Å². The van der Waals surface area contributed by atoms with Crippen molar-refractivity contribution in [3.05, 3.63) is 65.4 Å². The van der Waals surface area contributed by atoms with Gasteiger partial charge in [-0.2, -0.15) is 5.10 Å². The summed E-state index contributed by atoms with van der Waals surface area (Å²) < 4.78 is 5.82. The Morgan fingerprint density at radius 3 is 2.86 bits per heavy atom. The summed E-state index contributed by atoms with van der Waals surface area (Å²) in [5, 5.41) is 7.24. The average molecular weight is 391 g/mol. The number of piperidine rings is 1. The third-order valence-electron chi connectivity index (χ3n) is 5.39. The van der Waals surface area contributed by atoms with Crippen LogP contribution < -0.4 is 4.74 Å². The van der Waals surface area contributed by atoms with Gasteiger partial charge in [-0.15, -0.1) is 0 Å². The van der Waals surface area contributed by atoms with Crippen molar-refractivity contribution in [2.24, 2.45) is 0 Å². The summed E-state index contributed by atoms with van der Waals surface area (Å²) in [5.74, 6) is 1.30. The van der Waals surface area contributed by atoms with Gasteiger partial charge in [0.1, 0.15) is 5.75 Å². The SMILES string of the molecule is CCc1[nH]nc(C(=O)N2CCC[C@@H](c3cncc(Oc4ccccc4)n3)C2)c1C. The molecule has 150 valence electrons. The van der Waals surface area contributed by atoms with E-state index in [1.165, 1.54) is 0 Å². The number of likely N-dealkylation sites (tertiary alicyclic amines) is 1. The van der Waals surface area contributed by atoms with Crippen molar-refractivity contribution < 1.29 is 9.53 Å². The van der Waals surface area contributed by atoms with E-state index in [0.29, 0.717) is 18.1 Å². The number of benzene rings is 1. The maximum atomic E-state index is 13.0. The van der Waals surface area contributed by atoms with Gasteiger partial charge in [0.05, 0.1) is 11.9 Å². The highest BCUT2D eigenvalue weighted by Crippen LogP contribution is 2.28. The van der Waals surface area contributed by atoms with Crippen LogP contribution in [-0.2, 0) is 6.42 Å². The average Bonchev–Trinajstić information content (AvgIpc) is 3.14. The number of aromatic amines is 1. The molecule has 7 heteroatoms. The molecule has 0 radical (unpaired) electrons. The van der Waals surface area contributed by atoms with Crippen LogP contribution >= 0.6 is 0 Å². The molecular formula is C22H25N5O2. The molecule has 1 aromatic carbocycles. The lowest BCUT2D eigenvalue weighted by Gasteiger charge is -2.32. The lowest BCUT2D eigenvalue weighted by molar-refractivity contribution is 0.0699. The zero-order valence-electron chi connectivity index (χ0n) is 16.8. The van der Waals surface area contributed by atoms with Crippen LogP contribution in [0.25, 0.3) is 0 Å². The number of carbonyl (C=O) groups excluding carboxylic acids is 1. The number of para-hydroxylation sites is 1. The van der Waals surface area contributed by atoms with Crippen molar-refractivity contribution >= 4 is 5.91 Å². The molecule has 29 heavy (non-hydrogen) atoms. The van der Waals surface area contributed by atoms with Crippen molar-refractivity contribution in [2.75, 3.05) is 13.1 Å². The zero-order chi connectivity index (χ0) is 20.2. The van der Waals surface area contributed by atoms with E-state index in [1.54, 1.807) is 12.4 Å². The van der Waals surface area contributed by atoms with E-state index in [-0.39, 0.29) is 11.8 Å².